The summed E-state index contributed by atoms with van der Waals surface area (Å²) in [6, 6.07) is 8.73. The van der Waals surface area contributed by atoms with Gasteiger partial charge in [-0.15, -0.1) is 11.3 Å². The van der Waals surface area contributed by atoms with Crippen LogP contribution in [0.5, 0.6) is 0 Å². The zero-order chi connectivity index (χ0) is 18.1. The number of carbonyl (C=O) groups excluding carboxylic acids is 2. The van der Waals surface area contributed by atoms with E-state index in [9.17, 15) is 14.0 Å². The number of fused-ring (bicyclic) bond motifs is 1. The summed E-state index contributed by atoms with van der Waals surface area (Å²) >= 11 is 1.44. The number of thiophene rings is 1. The van der Waals surface area contributed by atoms with E-state index in [1.54, 1.807) is 11.0 Å². The highest BCUT2D eigenvalue weighted by atomic mass is 32.1. The molecule has 1 fully saturated rings. The molecular formula is C20H21FN2O2S. The van der Waals surface area contributed by atoms with Crippen LogP contribution in [0.4, 0.5) is 10.1 Å². The molecule has 2 aliphatic rings. The van der Waals surface area contributed by atoms with Crippen LogP contribution in [0.1, 0.15) is 34.5 Å². The molecule has 0 saturated carbocycles. The number of carbonyl (C=O) groups is 2. The molecule has 3 heterocycles. The summed E-state index contributed by atoms with van der Waals surface area (Å²) in [5.41, 5.74) is 1.37. The molecule has 4 nitrogen and oxygen atoms in total. The number of aryl methyl sites for hydroxylation is 1. The topological polar surface area (TPSA) is 40.6 Å². The Labute approximate surface area is 156 Å². The fraction of sp³-hybridized carbons (Fsp3) is 0.400. The Morgan fingerprint density at radius 2 is 1.88 bits per heavy atom. The van der Waals surface area contributed by atoms with Crippen LogP contribution < -0.4 is 4.90 Å². The van der Waals surface area contributed by atoms with Gasteiger partial charge >= 0.3 is 0 Å². The van der Waals surface area contributed by atoms with E-state index in [4.69, 9.17) is 0 Å². The van der Waals surface area contributed by atoms with Crippen LogP contribution in [0.15, 0.2) is 35.7 Å². The molecule has 2 aliphatic heterocycles. The van der Waals surface area contributed by atoms with Crippen LogP contribution >= 0.6 is 11.3 Å². The largest absolute Gasteiger partial charge is 0.338 e. The second-order valence-electron chi connectivity index (χ2n) is 6.88. The van der Waals surface area contributed by atoms with Gasteiger partial charge in [0.05, 0.1) is 10.6 Å². The molecule has 2 aromatic rings. The first-order chi connectivity index (χ1) is 12.6. The SMILES string of the molecule is O=C(c1cccs1)N1CCC(C(=O)N2CCCc3cccc(F)c32)CC1. The van der Waals surface area contributed by atoms with Gasteiger partial charge in [0.25, 0.3) is 5.91 Å². The third-order valence-electron chi connectivity index (χ3n) is 5.30. The van der Waals surface area contributed by atoms with Gasteiger partial charge in [-0.2, -0.15) is 0 Å². The summed E-state index contributed by atoms with van der Waals surface area (Å²) < 4.78 is 14.3. The van der Waals surface area contributed by atoms with Crippen molar-refractivity contribution in [1.82, 2.24) is 4.90 Å². The number of amides is 2. The van der Waals surface area contributed by atoms with Crippen molar-refractivity contribution in [1.29, 1.82) is 0 Å². The van der Waals surface area contributed by atoms with E-state index in [0.717, 1.165) is 23.3 Å². The Balaban J connectivity index is 1.44. The zero-order valence-corrected chi connectivity index (χ0v) is 15.3. The van der Waals surface area contributed by atoms with Crippen LogP contribution in [-0.2, 0) is 11.2 Å². The Kier molecular flexibility index (Phi) is 4.76. The van der Waals surface area contributed by atoms with Gasteiger partial charge < -0.3 is 9.80 Å². The minimum Gasteiger partial charge on any atom is -0.338 e. The van der Waals surface area contributed by atoms with Crippen molar-refractivity contribution in [3.8, 4) is 0 Å². The fourth-order valence-corrected chi connectivity index (χ4v) is 4.62. The minimum atomic E-state index is -0.319. The lowest BCUT2D eigenvalue weighted by Gasteiger charge is -2.36. The van der Waals surface area contributed by atoms with Gasteiger partial charge in [-0.3, -0.25) is 9.59 Å². The Bertz CT molecular complexity index is 813. The number of halogens is 1. The first kappa shape index (κ1) is 17.2. The molecule has 0 spiro atoms. The van der Waals surface area contributed by atoms with Gasteiger partial charge in [-0.25, -0.2) is 4.39 Å². The third kappa shape index (κ3) is 3.14. The monoisotopic (exact) mass is 372 g/mol. The lowest BCUT2D eigenvalue weighted by atomic mass is 9.93. The molecule has 0 unspecified atom stereocenters. The molecule has 2 amide bonds. The van der Waals surface area contributed by atoms with Gasteiger partial charge in [-0.1, -0.05) is 18.2 Å². The van der Waals surface area contributed by atoms with Crippen LogP contribution in [0, 0.1) is 11.7 Å². The van der Waals surface area contributed by atoms with E-state index in [1.165, 1.54) is 17.4 Å². The summed E-state index contributed by atoms with van der Waals surface area (Å²) in [7, 11) is 0. The first-order valence-electron chi connectivity index (χ1n) is 9.06. The van der Waals surface area contributed by atoms with E-state index in [1.807, 2.05) is 28.5 Å². The van der Waals surface area contributed by atoms with Crippen molar-refractivity contribution in [2.24, 2.45) is 5.92 Å². The predicted molar refractivity (Wildman–Crippen MR) is 100 cm³/mol. The van der Waals surface area contributed by atoms with Crippen LogP contribution in [-0.4, -0.2) is 36.3 Å². The summed E-state index contributed by atoms with van der Waals surface area (Å²) in [4.78, 5) is 29.7. The molecule has 0 bridgehead atoms. The maximum Gasteiger partial charge on any atom is 0.263 e. The molecule has 0 radical (unpaired) electrons. The molecule has 1 saturated heterocycles. The second-order valence-corrected chi connectivity index (χ2v) is 7.83. The molecule has 0 atom stereocenters. The Morgan fingerprint density at radius 1 is 1.08 bits per heavy atom. The van der Waals surface area contributed by atoms with Crippen molar-refractivity contribution < 1.29 is 14.0 Å². The lowest BCUT2D eigenvalue weighted by Crippen LogP contribution is -2.46. The first-order valence-corrected chi connectivity index (χ1v) is 9.94. The minimum absolute atomic E-state index is 0.000674. The highest BCUT2D eigenvalue weighted by Gasteiger charge is 2.34. The van der Waals surface area contributed by atoms with Gasteiger partial charge in [0.1, 0.15) is 5.82 Å². The van der Waals surface area contributed by atoms with Crippen molar-refractivity contribution in [2.75, 3.05) is 24.5 Å². The molecule has 0 aliphatic carbocycles. The highest BCUT2D eigenvalue weighted by Crippen LogP contribution is 2.32. The molecule has 1 aromatic heterocycles. The Morgan fingerprint density at radius 3 is 2.62 bits per heavy atom. The van der Waals surface area contributed by atoms with Crippen LogP contribution in [0.2, 0.25) is 0 Å². The van der Waals surface area contributed by atoms with Gasteiger partial charge in [0.15, 0.2) is 0 Å². The average Bonchev–Trinajstić information content (AvgIpc) is 3.21. The van der Waals surface area contributed by atoms with E-state index < -0.39 is 0 Å². The van der Waals surface area contributed by atoms with Crippen molar-refractivity contribution in [3.05, 3.63) is 52.0 Å². The smallest absolute Gasteiger partial charge is 0.263 e. The number of piperidine rings is 1. The van der Waals surface area contributed by atoms with Crippen molar-refractivity contribution in [2.45, 2.75) is 25.7 Å². The van der Waals surface area contributed by atoms with Crippen molar-refractivity contribution in [3.63, 3.8) is 0 Å². The summed E-state index contributed by atoms with van der Waals surface area (Å²) in [5, 5.41) is 1.89. The molecule has 136 valence electrons. The normalized spacial score (nSPS) is 17.9. The number of anilines is 1. The zero-order valence-electron chi connectivity index (χ0n) is 14.5. The number of para-hydroxylation sites is 1. The maximum atomic E-state index is 14.3. The summed E-state index contributed by atoms with van der Waals surface area (Å²) in [6.07, 6.45) is 2.94. The van der Waals surface area contributed by atoms with E-state index >= 15 is 0 Å². The molecule has 0 N–H and O–H groups in total. The van der Waals surface area contributed by atoms with Gasteiger partial charge in [-0.05, 0) is 48.8 Å². The second kappa shape index (κ2) is 7.19. The Hall–Kier alpha value is -2.21. The van der Waals surface area contributed by atoms with E-state index in [0.29, 0.717) is 38.2 Å². The van der Waals surface area contributed by atoms with Crippen molar-refractivity contribution >= 4 is 28.8 Å². The number of nitrogens with zero attached hydrogens (tertiary/aromatic N) is 2. The molecule has 26 heavy (non-hydrogen) atoms. The molecular weight excluding hydrogens is 351 g/mol. The predicted octanol–water partition coefficient (Wildman–Crippen LogP) is 3.72. The maximum absolute atomic E-state index is 14.3. The third-order valence-corrected chi connectivity index (χ3v) is 6.16. The number of benzene rings is 1. The fourth-order valence-electron chi connectivity index (χ4n) is 3.93. The highest BCUT2D eigenvalue weighted by molar-refractivity contribution is 7.12. The van der Waals surface area contributed by atoms with Crippen LogP contribution in [0.3, 0.4) is 0 Å². The van der Waals surface area contributed by atoms with E-state index in [2.05, 4.69) is 0 Å². The molecule has 4 rings (SSSR count). The summed E-state index contributed by atoms with van der Waals surface area (Å²) in [6.45, 7) is 1.72. The summed E-state index contributed by atoms with van der Waals surface area (Å²) in [5.74, 6) is -0.423. The molecule has 1 aromatic carbocycles. The standard InChI is InChI=1S/C20H21FN2O2S/c21-16-6-1-4-14-5-2-10-23(18(14)16)19(24)15-8-11-22(12-9-15)20(25)17-7-3-13-26-17/h1,3-4,6-7,13,15H,2,5,8-12H2. The number of hydrogen-bond donors (Lipinski definition) is 0. The lowest BCUT2D eigenvalue weighted by molar-refractivity contribution is -0.123. The van der Waals surface area contributed by atoms with Crippen LogP contribution in [0.25, 0.3) is 0 Å². The average molecular weight is 372 g/mol. The number of rotatable bonds is 2. The quantitative estimate of drug-likeness (QED) is 0.806. The van der Waals surface area contributed by atoms with E-state index in [-0.39, 0.29) is 23.5 Å². The van der Waals surface area contributed by atoms with Gasteiger partial charge in [0.2, 0.25) is 5.91 Å². The molecule has 6 heteroatoms. The number of likely N-dealkylation sites (tertiary alicyclic amines) is 1. The van der Waals surface area contributed by atoms with Gasteiger partial charge in [0, 0.05) is 25.6 Å². The number of hydrogen-bond acceptors (Lipinski definition) is 3.